The minimum Gasteiger partial charge on any atom is -0.495 e. The van der Waals surface area contributed by atoms with Crippen molar-refractivity contribution in [1.82, 2.24) is 0 Å². The van der Waals surface area contributed by atoms with Gasteiger partial charge in [0.15, 0.2) is 0 Å². The highest BCUT2D eigenvalue weighted by atomic mass is 32.2. The SMILES string of the molecule is COc1cc(S(N)(=O)=O)ccc1C#N. The topological polar surface area (TPSA) is 93.2 Å². The van der Waals surface area contributed by atoms with Gasteiger partial charge in [-0.05, 0) is 12.1 Å². The quantitative estimate of drug-likeness (QED) is 0.758. The molecule has 1 aromatic rings. The number of sulfonamides is 1. The van der Waals surface area contributed by atoms with Crippen LogP contribution < -0.4 is 9.88 Å². The van der Waals surface area contributed by atoms with Crippen LogP contribution >= 0.6 is 0 Å². The molecular weight excluding hydrogens is 204 g/mol. The summed E-state index contributed by atoms with van der Waals surface area (Å²) in [4.78, 5) is -0.0756. The van der Waals surface area contributed by atoms with Gasteiger partial charge in [0.05, 0.1) is 17.6 Å². The van der Waals surface area contributed by atoms with E-state index in [4.69, 9.17) is 15.1 Å². The predicted octanol–water partition coefficient (Wildman–Crippen LogP) is 0.214. The molecule has 0 saturated carbocycles. The molecule has 1 rings (SSSR count). The number of primary sulfonamides is 1. The van der Waals surface area contributed by atoms with E-state index in [-0.39, 0.29) is 16.2 Å². The Morgan fingerprint density at radius 2 is 2.14 bits per heavy atom. The highest BCUT2D eigenvalue weighted by molar-refractivity contribution is 7.89. The lowest BCUT2D eigenvalue weighted by Crippen LogP contribution is -2.12. The van der Waals surface area contributed by atoms with E-state index in [2.05, 4.69) is 0 Å². The molecule has 0 aliphatic carbocycles. The first-order chi connectivity index (χ1) is 6.49. The van der Waals surface area contributed by atoms with E-state index in [1.54, 1.807) is 0 Å². The molecule has 2 N–H and O–H groups in total. The molecule has 14 heavy (non-hydrogen) atoms. The van der Waals surface area contributed by atoms with Crippen LogP contribution in [-0.4, -0.2) is 15.5 Å². The number of nitrogens with zero attached hydrogens (tertiary/aromatic N) is 1. The second-order valence-electron chi connectivity index (χ2n) is 2.52. The molecule has 0 heterocycles. The fourth-order valence-electron chi connectivity index (χ4n) is 0.941. The second-order valence-corrected chi connectivity index (χ2v) is 4.08. The van der Waals surface area contributed by atoms with Crippen LogP contribution in [0, 0.1) is 11.3 Å². The maximum Gasteiger partial charge on any atom is 0.238 e. The Morgan fingerprint density at radius 1 is 1.50 bits per heavy atom. The van der Waals surface area contributed by atoms with E-state index in [0.29, 0.717) is 0 Å². The third kappa shape index (κ3) is 2.02. The fraction of sp³-hybridized carbons (Fsp3) is 0.125. The molecule has 0 atom stereocenters. The Hall–Kier alpha value is -1.58. The second kappa shape index (κ2) is 3.65. The Morgan fingerprint density at radius 3 is 2.57 bits per heavy atom. The van der Waals surface area contributed by atoms with Crippen LogP contribution in [0.3, 0.4) is 0 Å². The standard InChI is InChI=1S/C8H8N2O3S/c1-13-8-4-7(14(10,11)12)3-2-6(8)5-9/h2-4H,1H3,(H2,10,11,12). The number of nitriles is 1. The monoisotopic (exact) mass is 212 g/mol. The van der Waals surface area contributed by atoms with Crippen LogP contribution in [0.1, 0.15) is 5.56 Å². The van der Waals surface area contributed by atoms with Crippen molar-refractivity contribution in [3.8, 4) is 11.8 Å². The molecule has 0 saturated heterocycles. The molecule has 1 aromatic carbocycles. The van der Waals surface area contributed by atoms with Crippen molar-refractivity contribution >= 4 is 10.0 Å². The van der Waals surface area contributed by atoms with Gasteiger partial charge in [-0.15, -0.1) is 0 Å². The average molecular weight is 212 g/mol. The first kappa shape index (κ1) is 10.5. The minimum absolute atomic E-state index is 0.0756. The van der Waals surface area contributed by atoms with E-state index in [1.807, 2.05) is 6.07 Å². The summed E-state index contributed by atoms with van der Waals surface area (Å²) in [6, 6.07) is 5.69. The van der Waals surface area contributed by atoms with Crippen molar-refractivity contribution in [3.63, 3.8) is 0 Å². The normalized spacial score (nSPS) is 10.6. The molecule has 0 aliphatic rings. The molecule has 0 amide bonds. The first-order valence-electron chi connectivity index (χ1n) is 3.60. The minimum atomic E-state index is -3.75. The van der Waals surface area contributed by atoms with Crippen molar-refractivity contribution in [2.45, 2.75) is 4.90 Å². The summed E-state index contributed by atoms with van der Waals surface area (Å²) in [5.74, 6) is 0.194. The number of methoxy groups -OCH3 is 1. The smallest absolute Gasteiger partial charge is 0.238 e. The third-order valence-corrected chi connectivity index (χ3v) is 2.53. The molecule has 0 spiro atoms. The summed E-state index contributed by atoms with van der Waals surface area (Å²) in [7, 11) is -2.40. The Balaban J connectivity index is 3.37. The maximum atomic E-state index is 10.9. The van der Waals surface area contributed by atoms with Gasteiger partial charge in [-0.3, -0.25) is 0 Å². The van der Waals surface area contributed by atoms with Gasteiger partial charge in [0.25, 0.3) is 0 Å². The summed E-state index contributed by atoms with van der Waals surface area (Å²) in [5.41, 5.74) is 0.264. The number of ether oxygens (including phenoxy) is 1. The van der Waals surface area contributed by atoms with Gasteiger partial charge in [-0.2, -0.15) is 5.26 Å². The van der Waals surface area contributed by atoms with E-state index in [9.17, 15) is 8.42 Å². The first-order valence-corrected chi connectivity index (χ1v) is 5.14. The van der Waals surface area contributed by atoms with E-state index >= 15 is 0 Å². The fourth-order valence-corrected chi connectivity index (χ4v) is 1.47. The summed E-state index contributed by atoms with van der Waals surface area (Å²) >= 11 is 0. The van der Waals surface area contributed by atoms with Crippen molar-refractivity contribution in [1.29, 1.82) is 5.26 Å². The van der Waals surface area contributed by atoms with E-state index in [0.717, 1.165) is 0 Å². The molecule has 0 bridgehead atoms. The zero-order chi connectivity index (χ0) is 10.8. The molecular formula is C8H8N2O3S. The van der Waals surface area contributed by atoms with Crippen molar-refractivity contribution in [2.24, 2.45) is 5.14 Å². The highest BCUT2D eigenvalue weighted by Crippen LogP contribution is 2.21. The van der Waals surface area contributed by atoms with Crippen LogP contribution in [0.5, 0.6) is 5.75 Å². The van der Waals surface area contributed by atoms with Gasteiger partial charge in [0, 0.05) is 6.07 Å². The molecule has 0 aliphatic heterocycles. The molecule has 0 aromatic heterocycles. The maximum absolute atomic E-state index is 10.9. The highest BCUT2D eigenvalue weighted by Gasteiger charge is 2.11. The van der Waals surface area contributed by atoms with Gasteiger partial charge >= 0.3 is 0 Å². The summed E-state index contributed by atoms with van der Waals surface area (Å²) in [6.07, 6.45) is 0. The molecule has 0 fully saturated rings. The van der Waals surface area contributed by atoms with Crippen LogP contribution in [-0.2, 0) is 10.0 Å². The van der Waals surface area contributed by atoms with Crippen LogP contribution in [0.25, 0.3) is 0 Å². The van der Waals surface area contributed by atoms with E-state index < -0.39 is 10.0 Å². The third-order valence-electron chi connectivity index (χ3n) is 1.62. The van der Waals surface area contributed by atoms with Crippen molar-refractivity contribution < 1.29 is 13.2 Å². The zero-order valence-corrected chi connectivity index (χ0v) is 8.21. The van der Waals surface area contributed by atoms with Gasteiger partial charge in [0.2, 0.25) is 10.0 Å². The summed E-state index contributed by atoms with van der Waals surface area (Å²) in [6.45, 7) is 0. The zero-order valence-electron chi connectivity index (χ0n) is 7.39. The van der Waals surface area contributed by atoms with Crippen molar-refractivity contribution in [2.75, 3.05) is 7.11 Å². The van der Waals surface area contributed by atoms with E-state index in [1.165, 1.54) is 25.3 Å². The largest absolute Gasteiger partial charge is 0.495 e. The molecule has 6 heteroatoms. The summed E-state index contributed by atoms with van der Waals surface area (Å²) < 4.78 is 26.7. The summed E-state index contributed by atoms with van der Waals surface area (Å²) in [5, 5.41) is 13.5. The Kier molecular flexibility index (Phi) is 2.74. The number of hydrogen-bond acceptors (Lipinski definition) is 4. The van der Waals surface area contributed by atoms with Gasteiger partial charge in [0.1, 0.15) is 11.8 Å². The predicted molar refractivity (Wildman–Crippen MR) is 49.1 cm³/mol. The van der Waals surface area contributed by atoms with Gasteiger partial charge in [-0.1, -0.05) is 0 Å². The lowest BCUT2D eigenvalue weighted by molar-refractivity contribution is 0.412. The van der Waals surface area contributed by atoms with Crippen molar-refractivity contribution in [3.05, 3.63) is 23.8 Å². The Labute approximate surface area is 81.8 Å². The number of nitrogens with two attached hydrogens (primary N) is 1. The molecule has 0 radical (unpaired) electrons. The van der Waals surface area contributed by atoms with Gasteiger partial charge in [-0.25, -0.2) is 13.6 Å². The van der Waals surface area contributed by atoms with Gasteiger partial charge < -0.3 is 4.74 Å². The number of rotatable bonds is 2. The molecule has 0 unspecified atom stereocenters. The lowest BCUT2D eigenvalue weighted by Gasteiger charge is -2.04. The average Bonchev–Trinajstić information content (AvgIpc) is 2.15. The molecule has 5 nitrogen and oxygen atoms in total. The van der Waals surface area contributed by atoms with Crippen LogP contribution in [0.4, 0.5) is 0 Å². The lowest BCUT2D eigenvalue weighted by atomic mass is 10.2. The Bertz CT molecular complexity index is 488. The number of hydrogen-bond donors (Lipinski definition) is 1. The molecule has 74 valence electrons. The van der Waals surface area contributed by atoms with Crippen LogP contribution in [0.2, 0.25) is 0 Å². The number of benzene rings is 1. The van der Waals surface area contributed by atoms with Crippen LogP contribution in [0.15, 0.2) is 23.1 Å².